The largest absolute Gasteiger partial charge is 0.321 e. The van der Waals surface area contributed by atoms with Crippen LogP contribution in [0.25, 0.3) is 0 Å². The van der Waals surface area contributed by atoms with Crippen molar-refractivity contribution in [3.8, 4) is 0 Å². The molecule has 7 heteroatoms. The summed E-state index contributed by atoms with van der Waals surface area (Å²) in [5.41, 5.74) is 3.67. The molecule has 4 rings (SSSR count). The van der Waals surface area contributed by atoms with E-state index in [0.717, 1.165) is 11.1 Å². The number of carbonyl (C=O) groups excluding carboxylic acids is 2. The number of nitrogens with one attached hydrogen (secondary N) is 1. The molecule has 0 bridgehead atoms. The average Bonchev–Trinajstić information content (AvgIpc) is 2.78. The summed E-state index contributed by atoms with van der Waals surface area (Å²) in [6.07, 6.45) is 2.83. The number of benzene rings is 3. The predicted molar refractivity (Wildman–Crippen MR) is 126 cm³/mol. The van der Waals surface area contributed by atoms with E-state index in [-0.39, 0.29) is 18.1 Å². The van der Waals surface area contributed by atoms with Crippen molar-refractivity contribution in [3.63, 3.8) is 0 Å². The van der Waals surface area contributed by atoms with Crippen molar-refractivity contribution >= 4 is 33.1 Å². The minimum absolute atomic E-state index is 0.0821. The van der Waals surface area contributed by atoms with Crippen LogP contribution < -0.4 is 9.62 Å². The summed E-state index contributed by atoms with van der Waals surface area (Å²) in [5, 5.41) is 2.85. The summed E-state index contributed by atoms with van der Waals surface area (Å²) in [5.74, 6) is -0.425. The van der Waals surface area contributed by atoms with E-state index < -0.39 is 10.0 Å². The number of sulfonamides is 1. The van der Waals surface area contributed by atoms with Crippen LogP contribution >= 0.6 is 0 Å². The second kappa shape index (κ2) is 8.96. The van der Waals surface area contributed by atoms with Crippen LogP contribution in [0.3, 0.4) is 0 Å². The second-order valence-electron chi connectivity index (χ2n) is 7.87. The molecular formula is C25H24N2O4S. The highest BCUT2D eigenvalue weighted by atomic mass is 32.2. The van der Waals surface area contributed by atoms with Crippen molar-refractivity contribution in [1.29, 1.82) is 0 Å². The first-order chi connectivity index (χ1) is 15.3. The average molecular weight is 449 g/mol. The fourth-order valence-electron chi connectivity index (χ4n) is 3.95. The first-order valence-electron chi connectivity index (χ1n) is 10.4. The predicted octanol–water partition coefficient (Wildman–Crippen LogP) is 4.08. The lowest BCUT2D eigenvalue weighted by Gasteiger charge is -2.29. The Morgan fingerprint density at radius 1 is 0.969 bits per heavy atom. The minimum Gasteiger partial charge on any atom is -0.321 e. The lowest BCUT2D eigenvalue weighted by Crippen LogP contribution is -2.34. The summed E-state index contributed by atoms with van der Waals surface area (Å²) in [6.45, 7) is 0.439. The Kier molecular flexibility index (Phi) is 6.10. The Morgan fingerprint density at radius 2 is 1.69 bits per heavy atom. The summed E-state index contributed by atoms with van der Waals surface area (Å²) in [4.78, 5) is 25.8. The highest BCUT2D eigenvalue weighted by Gasteiger charge is 2.25. The van der Waals surface area contributed by atoms with Crippen LogP contribution in [0.4, 0.5) is 11.4 Å². The maximum Gasteiger partial charge on any atom is 0.255 e. The fourth-order valence-corrected chi connectivity index (χ4v) is 4.95. The van der Waals surface area contributed by atoms with Gasteiger partial charge in [0.25, 0.3) is 5.91 Å². The third kappa shape index (κ3) is 4.73. The molecule has 3 aromatic carbocycles. The van der Waals surface area contributed by atoms with Gasteiger partial charge in [-0.3, -0.25) is 13.9 Å². The number of anilines is 2. The van der Waals surface area contributed by atoms with Gasteiger partial charge < -0.3 is 5.32 Å². The van der Waals surface area contributed by atoms with Gasteiger partial charge in [-0.2, -0.15) is 0 Å². The molecule has 3 aromatic rings. The number of carbonyl (C=O) groups is 2. The SMILES string of the molecule is CS(=O)(=O)N1CCCc2cc(C(=O)Nc3ccccc3C(=O)Cc3ccccc3)ccc21. The second-order valence-corrected chi connectivity index (χ2v) is 9.77. The van der Waals surface area contributed by atoms with Gasteiger partial charge in [-0.1, -0.05) is 42.5 Å². The molecule has 0 aliphatic carbocycles. The number of aryl methyl sites for hydroxylation is 1. The molecule has 0 atom stereocenters. The van der Waals surface area contributed by atoms with Crippen LogP contribution in [0.5, 0.6) is 0 Å². The van der Waals surface area contributed by atoms with Crippen LogP contribution in [-0.2, 0) is 22.9 Å². The van der Waals surface area contributed by atoms with Gasteiger partial charge in [-0.25, -0.2) is 8.42 Å². The molecule has 0 fully saturated rings. The van der Waals surface area contributed by atoms with Crippen molar-refractivity contribution in [2.45, 2.75) is 19.3 Å². The van der Waals surface area contributed by atoms with Crippen LogP contribution in [0, 0.1) is 0 Å². The molecule has 1 aliphatic rings. The minimum atomic E-state index is -3.37. The monoisotopic (exact) mass is 448 g/mol. The topological polar surface area (TPSA) is 83.6 Å². The van der Waals surface area contributed by atoms with E-state index in [1.54, 1.807) is 42.5 Å². The molecule has 1 aliphatic heterocycles. The summed E-state index contributed by atoms with van der Waals surface area (Å²) in [7, 11) is -3.37. The number of ketones is 1. The smallest absolute Gasteiger partial charge is 0.255 e. The van der Waals surface area contributed by atoms with Crippen LogP contribution in [0.15, 0.2) is 72.8 Å². The molecule has 0 saturated carbocycles. The number of Topliss-reactive ketones (excluding diaryl/α,β-unsaturated/α-hetero) is 1. The fraction of sp³-hybridized carbons (Fsp3) is 0.200. The van der Waals surface area contributed by atoms with Gasteiger partial charge in [0.1, 0.15) is 0 Å². The number of fused-ring (bicyclic) bond motifs is 1. The van der Waals surface area contributed by atoms with E-state index in [0.29, 0.717) is 41.9 Å². The van der Waals surface area contributed by atoms with E-state index in [9.17, 15) is 18.0 Å². The lowest BCUT2D eigenvalue weighted by atomic mass is 9.99. The van der Waals surface area contributed by atoms with Gasteiger partial charge in [0.15, 0.2) is 5.78 Å². The Bertz CT molecular complexity index is 1270. The number of hydrogen-bond donors (Lipinski definition) is 1. The molecule has 1 N–H and O–H groups in total. The number of para-hydroxylation sites is 1. The third-order valence-electron chi connectivity index (χ3n) is 5.50. The highest BCUT2D eigenvalue weighted by Crippen LogP contribution is 2.30. The van der Waals surface area contributed by atoms with Crippen molar-refractivity contribution in [2.75, 3.05) is 22.4 Å². The molecule has 1 amide bonds. The first-order valence-corrected chi connectivity index (χ1v) is 12.3. The van der Waals surface area contributed by atoms with E-state index in [2.05, 4.69) is 5.32 Å². The maximum atomic E-state index is 13.0. The third-order valence-corrected chi connectivity index (χ3v) is 6.68. The molecule has 0 aromatic heterocycles. The molecule has 0 spiro atoms. The first kappa shape index (κ1) is 21.8. The number of hydrogen-bond acceptors (Lipinski definition) is 4. The molecular weight excluding hydrogens is 424 g/mol. The maximum absolute atomic E-state index is 13.0. The summed E-state index contributed by atoms with van der Waals surface area (Å²) in [6, 6.07) is 21.4. The Morgan fingerprint density at radius 3 is 2.44 bits per heavy atom. The van der Waals surface area contributed by atoms with Gasteiger partial charge in [-0.15, -0.1) is 0 Å². The molecule has 32 heavy (non-hydrogen) atoms. The number of nitrogens with zero attached hydrogens (tertiary/aromatic N) is 1. The van der Waals surface area contributed by atoms with E-state index >= 15 is 0 Å². The van der Waals surface area contributed by atoms with Gasteiger partial charge >= 0.3 is 0 Å². The van der Waals surface area contributed by atoms with Crippen molar-refractivity contribution in [3.05, 3.63) is 95.1 Å². The van der Waals surface area contributed by atoms with Crippen LogP contribution in [0.1, 0.15) is 38.3 Å². The highest BCUT2D eigenvalue weighted by molar-refractivity contribution is 7.92. The molecule has 0 unspecified atom stereocenters. The van der Waals surface area contributed by atoms with Gasteiger partial charge in [0, 0.05) is 24.1 Å². The Hall–Kier alpha value is -3.45. The van der Waals surface area contributed by atoms with E-state index in [4.69, 9.17) is 0 Å². The van der Waals surface area contributed by atoms with Crippen molar-refractivity contribution in [1.82, 2.24) is 0 Å². The van der Waals surface area contributed by atoms with E-state index in [1.165, 1.54) is 10.6 Å². The quantitative estimate of drug-likeness (QED) is 0.576. The molecule has 6 nitrogen and oxygen atoms in total. The molecule has 164 valence electrons. The standard InChI is InChI=1S/C25H24N2O4S/c1-32(30,31)27-15-7-10-19-17-20(13-14-23(19)27)25(29)26-22-12-6-5-11-21(22)24(28)16-18-8-3-2-4-9-18/h2-6,8-9,11-14,17H,7,10,15-16H2,1H3,(H,26,29). The summed E-state index contributed by atoms with van der Waals surface area (Å²) >= 11 is 0. The van der Waals surface area contributed by atoms with Crippen LogP contribution in [0.2, 0.25) is 0 Å². The van der Waals surface area contributed by atoms with E-state index in [1.807, 2.05) is 30.3 Å². The summed E-state index contributed by atoms with van der Waals surface area (Å²) < 4.78 is 25.5. The molecule has 0 saturated heterocycles. The number of amides is 1. The Balaban J connectivity index is 1.56. The zero-order valence-corrected chi connectivity index (χ0v) is 18.6. The zero-order valence-electron chi connectivity index (χ0n) is 17.7. The molecule has 1 heterocycles. The van der Waals surface area contributed by atoms with Crippen molar-refractivity contribution in [2.24, 2.45) is 0 Å². The Labute approximate surface area is 187 Å². The van der Waals surface area contributed by atoms with Gasteiger partial charge in [-0.05, 0) is 54.3 Å². The lowest BCUT2D eigenvalue weighted by molar-refractivity contribution is 0.0994. The number of rotatable bonds is 6. The normalized spacial score (nSPS) is 13.3. The van der Waals surface area contributed by atoms with Gasteiger partial charge in [0.2, 0.25) is 10.0 Å². The van der Waals surface area contributed by atoms with Crippen LogP contribution in [-0.4, -0.2) is 32.9 Å². The zero-order chi connectivity index (χ0) is 22.7. The molecule has 0 radical (unpaired) electrons. The van der Waals surface area contributed by atoms with Crippen molar-refractivity contribution < 1.29 is 18.0 Å². The van der Waals surface area contributed by atoms with Gasteiger partial charge in [0.05, 0.1) is 17.6 Å².